The second-order valence-corrected chi connectivity index (χ2v) is 6.16. The summed E-state index contributed by atoms with van der Waals surface area (Å²) in [7, 11) is 0. The van der Waals surface area contributed by atoms with Gasteiger partial charge in [0.2, 0.25) is 0 Å². The van der Waals surface area contributed by atoms with Crippen molar-refractivity contribution in [2.24, 2.45) is 0 Å². The van der Waals surface area contributed by atoms with Crippen molar-refractivity contribution in [2.45, 2.75) is 44.6 Å². The summed E-state index contributed by atoms with van der Waals surface area (Å²) >= 11 is 1.25. The van der Waals surface area contributed by atoms with Crippen LogP contribution >= 0.6 is 11.3 Å². The number of carboxylic acids is 1. The Labute approximate surface area is 120 Å². The molecule has 2 aromatic heterocycles. The fourth-order valence-corrected chi connectivity index (χ4v) is 3.88. The summed E-state index contributed by atoms with van der Waals surface area (Å²) in [6.07, 6.45) is 5.08. The molecule has 2 aromatic rings. The number of carbonyl (C=O) groups is 1. The van der Waals surface area contributed by atoms with Crippen LogP contribution in [0.25, 0.3) is 10.2 Å². The number of hydrogen-bond donors (Lipinski definition) is 1. The van der Waals surface area contributed by atoms with Crippen molar-refractivity contribution in [1.29, 1.82) is 5.26 Å². The fraction of sp³-hybridized carbons (Fsp3) is 0.500. The molecular formula is C14H15N3O2S. The molecule has 0 aliphatic heterocycles. The van der Waals surface area contributed by atoms with Gasteiger partial charge >= 0.3 is 5.97 Å². The van der Waals surface area contributed by atoms with Crippen LogP contribution < -0.4 is 0 Å². The molecule has 0 aromatic carbocycles. The van der Waals surface area contributed by atoms with E-state index in [9.17, 15) is 4.79 Å². The predicted octanol–water partition coefficient (Wildman–Crippen LogP) is 3.37. The number of hydrogen-bond acceptors (Lipinski definition) is 4. The molecule has 1 saturated carbocycles. The number of thiophene rings is 1. The molecule has 1 aliphatic rings. The van der Waals surface area contributed by atoms with Gasteiger partial charge in [-0.3, -0.25) is 4.68 Å². The summed E-state index contributed by atoms with van der Waals surface area (Å²) in [5.41, 5.74) is 1.03. The minimum Gasteiger partial charge on any atom is -0.477 e. The van der Waals surface area contributed by atoms with Crippen molar-refractivity contribution in [3.63, 3.8) is 0 Å². The Morgan fingerprint density at radius 3 is 2.95 bits per heavy atom. The number of fused-ring (bicyclic) bond motifs is 1. The number of carboxylic acid groups (broad SMARTS) is 1. The molecule has 0 radical (unpaired) electrons. The first-order chi connectivity index (χ1) is 9.70. The van der Waals surface area contributed by atoms with Gasteiger partial charge < -0.3 is 5.11 Å². The normalized spacial score (nSPS) is 15.8. The Kier molecular flexibility index (Phi) is 3.45. The molecule has 1 fully saturated rings. The van der Waals surface area contributed by atoms with Gasteiger partial charge in [-0.2, -0.15) is 10.4 Å². The predicted molar refractivity (Wildman–Crippen MR) is 76.0 cm³/mol. The van der Waals surface area contributed by atoms with Crippen molar-refractivity contribution in [2.75, 3.05) is 0 Å². The van der Waals surface area contributed by atoms with Gasteiger partial charge in [0, 0.05) is 11.3 Å². The van der Waals surface area contributed by atoms with Crippen LogP contribution in [0, 0.1) is 11.3 Å². The van der Waals surface area contributed by atoms with E-state index in [0.29, 0.717) is 23.8 Å². The van der Waals surface area contributed by atoms with Gasteiger partial charge in [-0.25, -0.2) is 4.79 Å². The van der Waals surface area contributed by atoms with Gasteiger partial charge in [-0.1, -0.05) is 12.8 Å². The second kappa shape index (κ2) is 5.25. The number of nitrogens with zero attached hydrogens (tertiary/aromatic N) is 3. The molecule has 0 unspecified atom stereocenters. The first-order valence-corrected chi connectivity index (χ1v) is 7.63. The molecule has 0 amide bonds. The molecule has 1 N–H and O–H groups in total. The maximum absolute atomic E-state index is 11.2. The Morgan fingerprint density at radius 1 is 1.55 bits per heavy atom. The van der Waals surface area contributed by atoms with E-state index in [1.807, 2.05) is 4.68 Å². The number of nitriles is 1. The number of aromatic nitrogens is 2. The van der Waals surface area contributed by atoms with E-state index >= 15 is 0 Å². The Hall–Kier alpha value is -1.87. The fourth-order valence-electron chi connectivity index (χ4n) is 2.90. The van der Waals surface area contributed by atoms with E-state index < -0.39 is 5.97 Å². The number of rotatable bonds is 4. The molecule has 2 heterocycles. The van der Waals surface area contributed by atoms with E-state index in [1.54, 1.807) is 6.07 Å². The summed E-state index contributed by atoms with van der Waals surface area (Å²) in [5.74, 6) is -0.451. The summed E-state index contributed by atoms with van der Waals surface area (Å²) in [4.78, 5) is 12.4. The van der Waals surface area contributed by atoms with Gasteiger partial charge in [-0.15, -0.1) is 11.3 Å². The monoisotopic (exact) mass is 289 g/mol. The SMILES string of the molecule is N#CCCn1nc(C2CCCC2)c2cc(C(=O)O)sc21. The van der Waals surface area contributed by atoms with Gasteiger partial charge in [0.05, 0.1) is 24.7 Å². The molecule has 0 atom stereocenters. The highest BCUT2D eigenvalue weighted by atomic mass is 32.1. The largest absolute Gasteiger partial charge is 0.477 e. The quantitative estimate of drug-likeness (QED) is 0.936. The van der Waals surface area contributed by atoms with Crippen molar-refractivity contribution >= 4 is 27.5 Å². The topological polar surface area (TPSA) is 78.9 Å². The minimum atomic E-state index is -0.893. The Morgan fingerprint density at radius 2 is 2.30 bits per heavy atom. The summed E-state index contributed by atoms with van der Waals surface area (Å²) in [6, 6.07) is 3.86. The molecule has 1 aliphatic carbocycles. The van der Waals surface area contributed by atoms with Crippen LogP contribution in [0.4, 0.5) is 0 Å². The molecule has 3 rings (SSSR count). The molecular weight excluding hydrogens is 274 g/mol. The van der Waals surface area contributed by atoms with Crippen LogP contribution in [0.3, 0.4) is 0 Å². The summed E-state index contributed by atoms with van der Waals surface area (Å²) in [5, 5.41) is 23.5. The smallest absolute Gasteiger partial charge is 0.345 e. The second-order valence-electron chi connectivity index (χ2n) is 5.13. The van der Waals surface area contributed by atoms with Crippen LogP contribution in [-0.2, 0) is 6.54 Å². The summed E-state index contributed by atoms with van der Waals surface area (Å²) < 4.78 is 1.81. The highest BCUT2D eigenvalue weighted by molar-refractivity contribution is 7.20. The molecule has 104 valence electrons. The summed E-state index contributed by atoms with van der Waals surface area (Å²) in [6.45, 7) is 0.527. The highest BCUT2D eigenvalue weighted by Gasteiger charge is 2.25. The first kappa shape index (κ1) is 13.1. The third kappa shape index (κ3) is 2.18. The zero-order valence-electron chi connectivity index (χ0n) is 11.0. The zero-order valence-corrected chi connectivity index (χ0v) is 11.8. The molecule has 6 heteroatoms. The van der Waals surface area contributed by atoms with E-state index in [0.717, 1.165) is 28.8 Å². The molecule has 20 heavy (non-hydrogen) atoms. The van der Waals surface area contributed by atoms with E-state index in [-0.39, 0.29) is 0 Å². The lowest BCUT2D eigenvalue weighted by Gasteiger charge is -2.04. The molecule has 0 saturated heterocycles. The lowest BCUT2D eigenvalue weighted by Crippen LogP contribution is -2.01. The van der Waals surface area contributed by atoms with E-state index in [2.05, 4.69) is 11.2 Å². The average molecular weight is 289 g/mol. The Balaban J connectivity index is 2.08. The van der Waals surface area contributed by atoms with Gasteiger partial charge in [-0.05, 0) is 18.9 Å². The lowest BCUT2D eigenvalue weighted by molar-refractivity contribution is 0.0702. The minimum absolute atomic E-state index is 0.349. The number of aromatic carboxylic acids is 1. The van der Waals surface area contributed by atoms with Gasteiger partial charge in [0.1, 0.15) is 9.71 Å². The van der Waals surface area contributed by atoms with Crippen molar-refractivity contribution < 1.29 is 9.90 Å². The van der Waals surface area contributed by atoms with Crippen LogP contribution in [0.2, 0.25) is 0 Å². The van der Waals surface area contributed by atoms with E-state index in [4.69, 9.17) is 10.4 Å². The van der Waals surface area contributed by atoms with Crippen molar-refractivity contribution in [3.8, 4) is 6.07 Å². The third-order valence-electron chi connectivity index (χ3n) is 3.84. The van der Waals surface area contributed by atoms with Crippen LogP contribution in [-0.4, -0.2) is 20.9 Å². The Bertz CT molecular complexity index is 689. The average Bonchev–Trinajstić information content (AvgIpc) is 3.12. The third-order valence-corrected chi connectivity index (χ3v) is 4.98. The van der Waals surface area contributed by atoms with Crippen LogP contribution in [0.5, 0.6) is 0 Å². The molecule has 0 spiro atoms. The lowest BCUT2D eigenvalue weighted by atomic mass is 10.0. The van der Waals surface area contributed by atoms with E-state index in [1.165, 1.54) is 24.2 Å². The molecule has 0 bridgehead atoms. The first-order valence-electron chi connectivity index (χ1n) is 6.81. The standard InChI is InChI=1S/C14H15N3O2S/c15-6-3-7-17-13-10(8-11(20-13)14(18)19)12(16-17)9-4-1-2-5-9/h8-9H,1-5,7H2,(H,18,19). The van der Waals surface area contributed by atoms with Crippen LogP contribution in [0.1, 0.15) is 53.4 Å². The molecule has 5 nitrogen and oxygen atoms in total. The van der Waals surface area contributed by atoms with Gasteiger partial charge in [0.25, 0.3) is 0 Å². The van der Waals surface area contributed by atoms with Gasteiger partial charge in [0.15, 0.2) is 0 Å². The highest BCUT2D eigenvalue weighted by Crippen LogP contribution is 2.39. The van der Waals surface area contributed by atoms with Crippen molar-refractivity contribution in [1.82, 2.24) is 9.78 Å². The zero-order chi connectivity index (χ0) is 14.1. The van der Waals surface area contributed by atoms with Crippen LogP contribution in [0.15, 0.2) is 6.07 Å². The maximum atomic E-state index is 11.2. The number of aryl methyl sites for hydroxylation is 1. The van der Waals surface area contributed by atoms with Crippen molar-refractivity contribution in [3.05, 3.63) is 16.6 Å². The maximum Gasteiger partial charge on any atom is 0.345 e.